The molecular formula is C28H37F3. The van der Waals surface area contributed by atoms with Crippen LogP contribution in [-0.2, 0) is 6.42 Å². The van der Waals surface area contributed by atoms with Crippen LogP contribution in [0.4, 0.5) is 13.2 Å². The summed E-state index contributed by atoms with van der Waals surface area (Å²) in [5.41, 5.74) is 0.916. The van der Waals surface area contributed by atoms with Crippen LogP contribution in [0.5, 0.6) is 0 Å². The van der Waals surface area contributed by atoms with Crippen molar-refractivity contribution < 1.29 is 13.2 Å². The highest BCUT2D eigenvalue weighted by molar-refractivity contribution is 5.87. The molecule has 31 heavy (non-hydrogen) atoms. The van der Waals surface area contributed by atoms with Crippen molar-refractivity contribution in [3.05, 3.63) is 53.1 Å². The Hall–Kier alpha value is -1.77. The van der Waals surface area contributed by atoms with Crippen LogP contribution in [0.1, 0.15) is 95.6 Å². The number of unbranched alkanes of at least 4 members (excludes halogenated alkanes) is 4. The summed E-state index contributed by atoms with van der Waals surface area (Å²) in [6, 6.07) is 8.70. The van der Waals surface area contributed by atoms with Crippen LogP contribution in [0.25, 0.3) is 16.6 Å². The van der Waals surface area contributed by atoms with Gasteiger partial charge in [0.2, 0.25) is 0 Å². The van der Waals surface area contributed by atoms with Crippen LogP contribution in [-0.4, -0.2) is 0 Å². The molecule has 0 heterocycles. The third-order valence-corrected chi connectivity index (χ3v) is 6.95. The second kappa shape index (κ2) is 11.7. The quantitative estimate of drug-likeness (QED) is 0.329. The van der Waals surface area contributed by atoms with Gasteiger partial charge in [0.05, 0.1) is 0 Å². The molecule has 0 bridgehead atoms. The van der Waals surface area contributed by atoms with Gasteiger partial charge in [-0.2, -0.15) is 0 Å². The maximum atomic E-state index is 15.1. The van der Waals surface area contributed by atoms with Crippen molar-refractivity contribution in [2.24, 2.45) is 11.8 Å². The van der Waals surface area contributed by atoms with Gasteiger partial charge in [-0.05, 0) is 61.5 Å². The van der Waals surface area contributed by atoms with Gasteiger partial charge in [0.1, 0.15) is 11.6 Å². The molecule has 0 unspecified atom stereocenters. The van der Waals surface area contributed by atoms with Crippen LogP contribution in [0.15, 0.2) is 36.2 Å². The minimum atomic E-state index is -1.01. The highest BCUT2D eigenvalue weighted by Gasteiger charge is 2.27. The number of hydrogen-bond acceptors (Lipinski definition) is 0. The van der Waals surface area contributed by atoms with E-state index in [0.29, 0.717) is 24.1 Å². The van der Waals surface area contributed by atoms with E-state index in [4.69, 9.17) is 0 Å². The summed E-state index contributed by atoms with van der Waals surface area (Å²) in [7, 11) is 0. The third kappa shape index (κ3) is 6.14. The first-order valence-electron chi connectivity index (χ1n) is 12.3. The molecule has 170 valence electrons. The van der Waals surface area contributed by atoms with Gasteiger partial charge in [0, 0.05) is 16.9 Å². The van der Waals surface area contributed by atoms with Crippen molar-refractivity contribution >= 4 is 16.6 Å². The lowest BCUT2D eigenvalue weighted by Gasteiger charge is -2.27. The first-order chi connectivity index (χ1) is 15.0. The fraction of sp³-hybridized carbons (Fsp3) is 0.571. The maximum Gasteiger partial charge on any atom is 0.165 e. The van der Waals surface area contributed by atoms with Crippen LogP contribution in [0.3, 0.4) is 0 Å². The van der Waals surface area contributed by atoms with E-state index in [0.717, 1.165) is 43.1 Å². The minimum Gasteiger partial charge on any atom is -0.208 e. The van der Waals surface area contributed by atoms with E-state index in [1.807, 2.05) is 12.1 Å². The van der Waals surface area contributed by atoms with Gasteiger partial charge in [-0.15, -0.1) is 0 Å². The molecule has 1 saturated carbocycles. The van der Waals surface area contributed by atoms with Gasteiger partial charge in [0.25, 0.3) is 0 Å². The number of hydrogen-bond donors (Lipinski definition) is 0. The van der Waals surface area contributed by atoms with Crippen LogP contribution >= 0.6 is 0 Å². The monoisotopic (exact) mass is 430 g/mol. The lowest BCUT2D eigenvalue weighted by Crippen LogP contribution is -2.15. The number of rotatable bonds is 10. The number of benzene rings is 2. The SMILES string of the molecule is CCCCCc1ccc2c(F)c(C(F)=C(F)C3CCC(CCCCC)CC3)ccc2c1. The van der Waals surface area contributed by atoms with Crippen molar-refractivity contribution in [2.45, 2.75) is 90.9 Å². The number of aryl methyl sites for hydroxylation is 1. The molecule has 1 aliphatic carbocycles. The lowest BCUT2D eigenvalue weighted by atomic mass is 9.79. The highest BCUT2D eigenvalue weighted by atomic mass is 19.2. The van der Waals surface area contributed by atoms with Crippen molar-refractivity contribution in [1.29, 1.82) is 0 Å². The van der Waals surface area contributed by atoms with E-state index in [1.165, 1.54) is 38.2 Å². The molecule has 3 rings (SSSR count). The van der Waals surface area contributed by atoms with Crippen LogP contribution in [0, 0.1) is 17.7 Å². The summed E-state index contributed by atoms with van der Waals surface area (Å²) in [5.74, 6) is -2.22. The Labute approximate surface area is 185 Å². The largest absolute Gasteiger partial charge is 0.208 e. The first kappa shape index (κ1) is 23.9. The van der Waals surface area contributed by atoms with Crippen molar-refractivity contribution in [2.75, 3.05) is 0 Å². The Kier molecular flexibility index (Phi) is 9.04. The fourth-order valence-corrected chi connectivity index (χ4v) is 4.94. The van der Waals surface area contributed by atoms with E-state index >= 15 is 4.39 Å². The average Bonchev–Trinajstić information content (AvgIpc) is 2.79. The minimum absolute atomic E-state index is 0.242. The molecule has 0 radical (unpaired) electrons. The summed E-state index contributed by atoms with van der Waals surface area (Å²) in [6.45, 7) is 4.36. The Bertz CT molecular complexity index is 875. The normalized spacial score (nSPS) is 20.2. The molecule has 0 nitrogen and oxygen atoms in total. The molecule has 0 N–H and O–H groups in total. The molecule has 1 aliphatic rings. The van der Waals surface area contributed by atoms with Gasteiger partial charge < -0.3 is 0 Å². The Balaban J connectivity index is 1.72. The van der Waals surface area contributed by atoms with Gasteiger partial charge >= 0.3 is 0 Å². The van der Waals surface area contributed by atoms with Crippen LogP contribution < -0.4 is 0 Å². The van der Waals surface area contributed by atoms with Gasteiger partial charge in [0.15, 0.2) is 5.83 Å². The third-order valence-electron chi connectivity index (χ3n) is 6.95. The van der Waals surface area contributed by atoms with E-state index in [-0.39, 0.29) is 5.56 Å². The fourth-order valence-electron chi connectivity index (χ4n) is 4.94. The molecule has 0 saturated heterocycles. The van der Waals surface area contributed by atoms with Crippen LogP contribution in [0.2, 0.25) is 0 Å². The van der Waals surface area contributed by atoms with E-state index in [9.17, 15) is 8.78 Å². The highest BCUT2D eigenvalue weighted by Crippen LogP contribution is 2.40. The Morgan fingerprint density at radius 1 is 0.871 bits per heavy atom. The number of halogens is 3. The number of allylic oxidation sites excluding steroid dienone is 1. The van der Waals surface area contributed by atoms with Gasteiger partial charge in [-0.3, -0.25) is 0 Å². The molecule has 0 aromatic heterocycles. The summed E-state index contributed by atoms with van der Waals surface area (Å²) in [5, 5.41) is 1.11. The van der Waals surface area contributed by atoms with Gasteiger partial charge in [-0.1, -0.05) is 76.6 Å². The van der Waals surface area contributed by atoms with Crippen molar-refractivity contribution in [1.82, 2.24) is 0 Å². The van der Waals surface area contributed by atoms with E-state index in [1.54, 1.807) is 12.1 Å². The molecule has 0 atom stereocenters. The second-order valence-corrected chi connectivity index (χ2v) is 9.32. The first-order valence-corrected chi connectivity index (χ1v) is 12.3. The predicted molar refractivity (Wildman–Crippen MR) is 126 cm³/mol. The second-order valence-electron chi connectivity index (χ2n) is 9.32. The molecular weight excluding hydrogens is 393 g/mol. The zero-order valence-corrected chi connectivity index (χ0v) is 19.2. The predicted octanol–water partition coefficient (Wildman–Crippen LogP) is 9.71. The smallest absolute Gasteiger partial charge is 0.165 e. The number of fused-ring (bicyclic) bond motifs is 1. The molecule has 0 amide bonds. The lowest BCUT2D eigenvalue weighted by molar-refractivity contribution is 0.258. The molecule has 2 aromatic carbocycles. The summed E-state index contributed by atoms with van der Waals surface area (Å²) in [4.78, 5) is 0. The van der Waals surface area contributed by atoms with E-state index in [2.05, 4.69) is 13.8 Å². The Morgan fingerprint density at radius 3 is 2.29 bits per heavy atom. The van der Waals surface area contributed by atoms with Crippen molar-refractivity contribution in [3.8, 4) is 0 Å². The maximum absolute atomic E-state index is 15.1. The average molecular weight is 431 g/mol. The molecule has 0 spiro atoms. The van der Waals surface area contributed by atoms with Gasteiger partial charge in [-0.25, -0.2) is 13.2 Å². The van der Waals surface area contributed by atoms with E-state index < -0.39 is 23.4 Å². The standard InChI is InChI=1S/C28H37F3/c1-3-5-7-9-20-11-14-22(15-12-20)26(29)28(31)25-18-16-23-19-21(10-8-6-4-2)13-17-24(23)27(25)30/h13,16-20,22H,3-12,14-15H2,1-2H3. The molecule has 0 aliphatic heterocycles. The Morgan fingerprint density at radius 2 is 1.58 bits per heavy atom. The zero-order chi connectivity index (χ0) is 22.2. The molecule has 3 heteroatoms. The summed E-state index contributed by atoms with van der Waals surface area (Å²) >= 11 is 0. The summed E-state index contributed by atoms with van der Waals surface area (Å²) < 4.78 is 45.0. The summed E-state index contributed by atoms with van der Waals surface area (Å²) in [6.07, 6.45) is 12.4. The topological polar surface area (TPSA) is 0 Å². The zero-order valence-electron chi connectivity index (χ0n) is 19.2. The van der Waals surface area contributed by atoms with Crippen molar-refractivity contribution in [3.63, 3.8) is 0 Å². The molecule has 2 aromatic rings. The molecule has 1 fully saturated rings.